The molecule has 2 rings (SSSR count). The van der Waals surface area contributed by atoms with E-state index in [9.17, 15) is 29.3 Å². The van der Waals surface area contributed by atoms with Crippen molar-refractivity contribution < 1.29 is 33.7 Å². The maximum Gasteiger partial charge on any atom is 0.408 e. The Morgan fingerprint density at radius 3 is 2.38 bits per heavy atom. The summed E-state index contributed by atoms with van der Waals surface area (Å²) in [5, 5.41) is 13.1. The Morgan fingerprint density at radius 2 is 1.81 bits per heavy atom. The lowest BCUT2D eigenvalue weighted by atomic mass is 10.2. The van der Waals surface area contributed by atoms with E-state index >= 15 is 0 Å². The van der Waals surface area contributed by atoms with Crippen LogP contribution in [0.3, 0.4) is 0 Å². The van der Waals surface area contributed by atoms with Crippen LogP contribution in [0.4, 0.5) is 10.5 Å². The molecule has 12 heteroatoms. The van der Waals surface area contributed by atoms with Gasteiger partial charge in [0.25, 0.3) is 11.6 Å². The number of hydrogen-bond acceptors (Lipinski definition) is 8. The molecule has 1 aromatic rings. The number of hydroxylamine groups is 1. The van der Waals surface area contributed by atoms with E-state index in [1.165, 1.54) is 24.0 Å². The number of likely N-dealkylation sites (tertiary alicyclic amines) is 1. The predicted molar refractivity (Wildman–Crippen MR) is 110 cm³/mol. The van der Waals surface area contributed by atoms with E-state index in [1.807, 2.05) is 5.48 Å². The lowest BCUT2D eigenvalue weighted by molar-refractivity contribution is -0.384. The van der Waals surface area contributed by atoms with Crippen molar-refractivity contribution in [3.8, 4) is 0 Å². The molecule has 0 spiro atoms. The van der Waals surface area contributed by atoms with Crippen LogP contribution in [0.25, 0.3) is 0 Å². The highest BCUT2D eigenvalue weighted by atomic mass is 16.7. The number of non-ortho nitro benzene ring substituents is 1. The number of benzene rings is 1. The number of ether oxygens (including phenoxy) is 1. The standard InChI is InChI=1S/C20H26N4O8/c1-12(21-19(28)31-20(2,3)4)17(26)23-11-5-6-15(23)16(25)22-32-18(27)13-7-9-14(10-8-13)24(29)30/h7-10,12,15H,5-6,11H2,1-4H3,(H,21,28)(H,22,25)/t12-,15-/m0/s1. The molecule has 2 atom stereocenters. The van der Waals surface area contributed by atoms with Crippen molar-refractivity contribution in [1.29, 1.82) is 0 Å². The number of rotatable bonds is 5. The summed E-state index contributed by atoms with van der Waals surface area (Å²) in [4.78, 5) is 65.3. The van der Waals surface area contributed by atoms with Crippen molar-refractivity contribution in [3.63, 3.8) is 0 Å². The number of nitro benzene ring substituents is 1. The molecule has 3 amide bonds. The van der Waals surface area contributed by atoms with Crippen LogP contribution in [-0.2, 0) is 19.2 Å². The molecule has 0 unspecified atom stereocenters. The van der Waals surface area contributed by atoms with Crippen LogP contribution in [0.1, 0.15) is 50.9 Å². The normalized spacial score (nSPS) is 16.6. The molecule has 0 aliphatic carbocycles. The van der Waals surface area contributed by atoms with Gasteiger partial charge in [-0.25, -0.2) is 9.59 Å². The molecule has 1 fully saturated rings. The maximum absolute atomic E-state index is 12.7. The molecule has 32 heavy (non-hydrogen) atoms. The van der Waals surface area contributed by atoms with Gasteiger partial charge < -0.3 is 19.8 Å². The highest BCUT2D eigenvalue weighted by Crippen LogP contribution is 2.19. The van der Waals surface area contributed by atoms with Gasteiger partial charge in [-0.3, -0.25) is 19.7 Å². The van der Waals surface area contributed by atoms with Crippen molar-refractivity contribution in [2.45, 2.75) is 58.2 Å². The third-order valence-corrected chi connectivity index (χ3v) is 4.50. The van der Waals surface area contributed by atoms with E-state index in [4.69, 9.17) is 9.57 Å². The number of carbonyl (C=O) groups is 4. The molecule has 0 aromatic heterocycles. The fourth-order valence-corrected chi connectivity index (χ4v) is 3.04. The number of nitro groups is 1. The molecule has 1 aliphatic heterocycles. The topological polar surface area (TPSA) is 157 Å². The molecular weight excluding hydrogens is 424 g/mol. The van der Waals surface area contributed by atoms with Gasteiger partial charge in [-0.05, 0) is 52.7 Å². The maximum atomic E-state index is 12.7. The zero-order chi connectivity index (χ0) is 24.1. The Kier molecular flexibility index (Phi) is 7.73. The molecule has 0 bridgehead atoms. The SMILES string of the molecule is C[C@H](NC(=O)OC(C)(C)C)C(=O)N1CCC[C@H]1C(=O)NOC(=O)c1ccc([N+](=O)[O-])cc1. The summed E-state index contributed by atoms with van der Waals surface area (Å²) in [6, 6.07) is 2.85. The molecule has 174 valence electrons. The smallest absolute Gasteiger partial charge is 0.408 e. The lowest BCUT2D eigenvalue weighted by Crippen LogP contribution is -2.53. The van der Waals surface area contributed by atoms with Gasteiger partial charge in [-0.15, -0.1) is 0 Å². The first kappa shape index (κ1) is 24.6. The largest absolute Gasteiger partial charge is 0.444 e. The molecule has 1 saturated heterocycles. The van der Waals surface area contributed by atoms with Gasteiger partial charge in [0.05, 0.1) is 10.5 Å². The summed E-state index contributed by atoms with van der Waals surface area (Å²) in [5.74, 6) is -2.09. The Morgan fingerprint density at radius 1 is 1.19 bits per heavy atom. The van der Waals surface area contributed by atoms with Gasteiger partial charge in [-0.2, -0.15) is 5.48 Å². The molecule has 0 saturated carbocycles. The summed E-state index contributed by atoms with van der Waals surface area (Å²) >= 11 is 0. The molecule has 1 aromatic carbocycles. The minimum absolute atomic E-state index is 0.00503. The van der Waals surface area contributed by atoms with Crippen LogP contribution in [0.15, 0.2) is 24.3 Å². The molecule has 2 N–H and O–H groups in total. The van der Waals surface area contributed by atoms with E-state index in [2.05, 4.69) is 5.32 Å². The van der Waals surface area contributed by atoms with Gasteiger partial charge >= 0.3 is 12.1 Å². The average molecular weight is 450 g/mol. The first-order valence-corrected chi connectivity index (χ1v) is 9.94. The third kappa shape index (κ3) is 6.65. The second-order valence-corrected chi connectivity index (χ2v) is 8.22. The zero-order valence-electron chi connectivity index (χ0n) is 18.2. The van der Waals surface area contributed by atoms with Crippen LogP contribution in [0.5, 0.6) is 0 Å². The summed E-state index contributed by atoms with van der Waals surface area (Å²) in [5.41, 5.74) is 1.11. The number of nitrogens with zero attached hydrogens (tertiary/aromatic N) is 2. The molecule has 12 nitrogen and oxygen atoms in total. The lowest BCUT2D eigenvalue weighted by Gasteiger charge is -2.27. The fourth-order valence-electron chi connectivity index (χ4n) is 3.04. The quantitative estimate of drug-likeness (QED) is 0.507. The minimum Gasteiger partial charge on any atom is -0.444 e. The van der Waals surface area contributed by atoms with E-state index in [-0.39, 0.29) is 11.3 Å². The predicted octanol–water partition coefficient (Wildman–Crippen LogP) is 1.69. The van der Waals surface area contributed by atoms with Crippen molar-refractivity contribution in [1.82, 2.24) is 15.7 Å². The highest BCUT2D eigenvalue weighted by Gasteiger charge is 2.37. The van der Waals surface area contributed by atoms with Gasteiger partial charge in [0.2, 0.25) is 5.91 Å². The van der Waals surface area contributed by atoms with Gasteiger partial charge in [-0.1, -0.05) is 0 Å². The molecule has 1 heterocycles. The van der Waals surface area contributed by atoms with Gasteiger partial charge in [0, 0.05) is 18.7 Å². The van der Waals surface area contributed by atoms with E-state index in [1.54, 1.807) is 20.8 Å². The van der Waals surface area contributed by atoms with Gasteiger partial charge in [0.1, 0.15) is 17.7 Å². The second-order valence-electron chi connectivity index (χ2n) is 8.22. The number of nitrogens with one attached hydrogen (secondary N) is 2. The summed E-state index contributed by atoms with van der Waals surface area (Å²) in [7, 11) is 0. The van der Waals surface area contributed by atoms with Crippen molar-refractivity contribution >= 4 is 29.6 Å². The summed E-state index contributed by atoms with van der Waals surface area (Å²) < 4.78 is 5.13. The van der Waals surface area contributed by atoms with Crippen LogP contribution in [0.2, 0.25) is 0 Å². The van der Waals surface area contributed by atoms with Gasteiger partial charge in [0.15, 0.2) is 0 Å². The number of hydrogen-bond donors (Lipinski definition) is 2. The Hall–Kier alpha value is -3.70. The zero-order valence-corrected chi connectivity index (χ0v) is 18.2. The summed E-state index contributed by atoms with van der Waals surface area (Å²) in [6.07, 6.45) is 0.154. The third-order valence-electron chi connectivity index (χ3n) is 4.50. The van der Waals surface area contributed by atoms with Crippen LogP contribution in [-0.4, -0.2) is 57.9 Å². The summed E-state index contributed by atoms with van der Waals surface area (Å²) in [6.45, 7) is 6.86. The van der Waals surface area contributed by atoms with Crippen LogP contribution < -0.4 is 10.8 Å². The van der Waals surface area contributed by atoms with Crippen molar-refractivity contribution in [2.24, 2.45) is 0 Å². The number of carbonyl (C=O) groups excluding carboxylic acids is 4. The number of alkyl carbamates (subject to hydrolysis) is 1. The van der Waals surface area contributed by atoms with Crippen molar-refractivity contribution in [3.05, 3.63) is 39.9 Å². The fraction of sp³-hybridized carbons (Fsp3) is 0.500. The molecule has 0 radical (unpaired) electrons. The molecule has 1 aliphatic rings. The monoisotopic (exact) mass is 450 g/mol. The first-order chi connectivity index (χ1) is 14.9. The highest BCUT2D eigenvalue weighted by molar-refractivity contribution is 5.93. The van der Waals surface area contributed by atoms with E-state index in [0.29, 0.717) is 19.4 Å². The second kappa shape index (κ2) is 10.1. The van der Waals surface area contributed by atoms with E-state index in [0.717, 1.165) is 12.1 Å². The Bertz CT molecular complexity index is 894. The Labute approximate surface area is 184 Å². The van der Waals surface area contributed by atoms with Crippen molar-refractivity contribution in [2.75, 3.05) is 6.54 Å². The van der Waals surface area contributed by atoms with Crippen LogP contribution in [0, 0.1) is 10.1 Å². The first-order valence-electron chi connectivity index (χ1n) is 9.94. The minimum atomic E-state index is -0.930. The average Bonchev–Trinajstić information content (AvgIpc) is 3.19. The molecular formula is C20H26N4O8. The Balaban J connectivity index is 1.92. The van der Waals surface area contributed by atoms with E-state index < -0.39 is 46.5 Å². The number of amides is 3. The van der Waals surface area contributed by atoms with Crippen LogP contribution >= 0.6 is 0 Å².